The molecule has 1 aromatic carbocycles. The van der Waals surface area contributed by atoms with E-state index in [1.54, 1.807) is 20.3 Å². The van der Waals surface area contributed by atoms with Crippen molar-refractivity contribution in [3.05, 3.63) is 12.1 Å². The summed E-state index contributed by atoms with van der Waals surface area (Å²) in [5.74, 6) is 1.13. The number of carbonyl (C=O) groups excluding carboxylic acids is 1. The minimum Gasteiger partial charge on any atom is -0.493 e. The smallest absolute Gasteiger partial charge is 0.243 e. The molecule has 0 spiro atoms. The highest BCUT2D eigenvalue weighted by Gasteiger charge is 2.17. The zero-order valence-electron chi connectivity index (χ0n) is 10.4. The van der Waals surface area contributed by atoms with E-state index in [2.05, 4.69) is 10.6 Å². The van der Waals surface area contributed by atoms with Gasteiger partial charge in [0.1, 0.15) is 6.61 Å². The summed E-state index contributed by atoms with van der Waals surface area (Å²) in [6, 6.07) is 3.55. The second-order valence-corrected chi connectivity index (χ2v) is 3.79. The third-order valence-corrected chi connectivity index (χ3v) is 2.56. The first-order valence-electron chi connectivity index (χ1n) is 5.62. The molecule has 1 aliphatic heterocycles. The lowest BCUT2D eigenvalue weighted by atomic mass is 10.2. The van der Waals surface area contributed by atoms with E-state index in [4.69, 9.17) is 14.2 Å². The molecule has 2 rings (SSSR count). The van der Waals surface area contributed by atoms with Crippen molar-refractivity contribution in [2.75, 3.05) is 44.6 Å². The number of fused-ring (bicyclic) bond motifs is 1. The van der Waals surface area contributed by atoms with Gasteiger partial charge in [-0.2, -0.15) is 0 Å². The van der Waals surface area contributed by atoms with Crippen molar-refractivity contribution in [1.29, 1.82) is 0 Å². The second-order valence-electron chi connectivity index (χ2n) is 3.79. The van der Waals surface area contributed by atoms with Crippen LogP contribution in [0.3, 0.4) is 0 Å². The van der Waals surface area contributed by atoms with E-state index in [1.165, 1.54) is 0 Å². The summed E-state index contributed by atoms with van der Waals surface area (Å²) in [6.07, 6.45) is 0. The van der Waals surface area contributed by atoms with Crippen molar-refractivity contribution in [3.8, 4) is 11.5 Å². The normalized spacial score (nSPS) is 13.3. The third-order valence-electron chi connectivity index (χ3n) is 2.56. The van der Waals surface area contributed by atoms with Crippen molar-refractivity contribution < 1.29 is 19.0 Å². The molecule has 0 unspecified atom stereocenters. The van der Waals surface area contributed by atoms with E-state index in [-0.39, 0.29) is 12.5 Å². The molecular formula is C12H16N2O4. The van der Waals surface area contributed by atoms with Gasteiger partial charge in [-0.25, -0.2) is 0 Å². The van der Waals surface area contributed by atoms with Gasteiger partial charge in [-0.05, 0) is 0 Å². The number of carbonyl (C=O) groups is 1. The molecule has 0 bridgehead atoms. The van der Waals surface area contributed by atoms with Crippen LogP contribution in [0, 0.1) is 0 Å². The zero-order valence-corrected chi connectivity index (χ0v) is 10.4. The zero-order chi connectivity index (χ0) is 13.0. The molecule has 6 nitrogen and oxygen atoms in total. The van der Waals surface area contributed by atoms with Gasteiger partial charge in [0.2, 0.25) is 5.91 Å². The maximum Gasteiger partial charge on any atom is 0.243 e. The topological polar surface area (TPSA) is 68.8 Å². The number of amides is 1. The summed E-state index contributed by atoms with van der Waals surface area (Å²) in [7, 11) is 3.17. The predicted molar refractivity (Wildman–Crippen MR) is 67.5 cm³/mol. The number of benzene rings is 1. The van der Waals surface area contributed by atoms with Crippen LogP contribution in [0.5, 0.6) is 11.5 Å². The van der Waals surface area contributed by atoms with E-state index >= 15 is 0 Å². The SMILES string of the molecule is COCCOc1cc2c(cc1OC)NC(=O)CN2. The number of hydrogen-bond donors (Lipinski definition) is 2. The van der Waals surface area contributed by atoms with Gasteiger partial charge in [0.15, 0.2) is 11.5 Å². The summed E-state index contributed by atoms with van der Waals surface area (Å²) < 4.78 is 15.7. The molecule has 0 saturated heterocycles. The lowest BCUT2D eigenvalue weighted by molar-refractivity contribution is -0.114. The van der Waals surface area contributed by atoms with Crippen molar-refractivity contribution in [2.24, 2.45) is 0 Å². The molecule has 0 saturated carbocycles. The molecule has 1 heterocycles. The Hall–Kier alpha value is -1.95. The largest absolute Gasteiger partial charge is 0.493 e. The first-order valence-corrected chi connectivity index (χ1v) is 5.62. The van der Waals surface area contributed by atoms with E-state index in [9.17, 15) is 4.79 Å². The fourth-order valence-corrected chi connectivity index (χ4v) is 1.69. The van der Waals surface area contributed by atoms with Gasteiger partial charge in [0.25, 0.3) is 0 Å². The highest BCUT2D eigenvalue weighted by atomic mass is 16.5. The monoisotopic (exact) mass is 252 g/mol. The molecule has 1 aromatic rings. The lowest BCUT2D eigenvalue weighted by Crippen LogP contribution is -2.27. The molecule has 0 fully saturated rings. The number of nitrogens with one attached hydrogen (secondary N) is 2. The van der Waals surface area contributed by atoms with Crippen LogP contribution in [0.1, 0.15) is 0 Å². The number of anilines is 2. The van der Waals surface area contributed by atoms with Gasteiger partial charge in [0.05, 0.1) is 31.6 Å². The van der Waals surface area contributed by atoms with Crippen LogP contribution >= 0.6 is 0 Å². The second kappa shape index (κ2) is 5.59. The minimum absolute atomic E-state index is 0.0717. The van der Waals surface area contributed by atoms with Crippen LogP contribution in [0.4, 0.5) is 11.4 Å². The van der Waals surface area contributed by atoms with E-state index in [1.807, 2.05) is 6.07 Å². The van der Waals surface area contributed by atoms with Crippen LogP contribution in [0.25, 0.3) is 0 Å². The van der Waals surface area contributed by atoms with Crippen LogP contribution in [0.15, 0.2) is 12.1 Å². The summed E-state index contributed by atoms with van der Waals surface area (Å²) in [4.78, 5) is 11.3. The Morgan fingerprint density at radius 3 is 2.67 bits per heavy atom. The van der Waals surface area contributed by atoms with Gasteiger partial charge in [-0.15, -0.1) is 0 Å². The average Bonchev–Trinajstić information content (AvgIpc) is 2.38. The number of ether oxygens (including phenoxy) is 3. The Balaban J connectivity index is 2.21. The Morgan fingerprint density at radius 2 is 1.94 bits per heavy atom. The third kappa shape index (κ3) is 2.65. The standard InChI is InChI=1S/C12H16N2O4/c1-16-3-4-18-11-5-8-9(6-10(11)17-2)14-12(15)7-13-8/h5-6,13H,3-4,7H2,1-2H3,(H,14,15). The minimum atomic E-state index is -0.0717. The molecule has 18 heavy (non-hydrogen) atoms. The highest BCUT2D eigenvalue weighted by molar-refractivity contribution is 6.01. The molecule has 6 heteroatoms. The maximum absolute atomic E-state index is 11.3. The average molecular weight is 252 g/mol. The molecular weight excluding hydrogens is 236 g/mol. The lowest BCUT2D eigenvalue weighted by Gasteiger charge is -2.21. The maximum atomic E-state index is 11.3. The van der Waals surface area contributed by atoms with E-state index < -0.39 is 0 Å². The molecule has 0 aromatic heterocycles. The summed E-state index contributed by atoms with van der Waals surface area (Å²) in [5.41, 5.74) is 1.52. The van der Waals surface area contributed by atoms with Gasteiger partial charge < -0.3 is 24.8 Å². The van der Waals surface area contributed by atoms with E-state index in [0.29, 0.717) is 30.4 Å². The fraction of sp³-hybridized carbons (Fsp3) is 0.417. The molecule has 2 N–H and O–H groups in total. The van der Waals surface area contributed by atoms with Crippen molar-refractivity contribution in [2.45, 2.75) is 0 Å². The Morgan fingerprint density at radius 1 is 1.17 bits per heavy atom. The van der Waals surface area contributed by atoms with Crippen molar-refractivity contribution in [3.63, 3.8) is 0 Å². The summed E-state index contributed by atoms with van der Waals surface area (Å²) in [6.45, 7) is 1.21. The predicted octanol–water partition coefficient (Wildman–Crippen LogP) is 1.08. The number of rotatable bonds is 5. The molecule has 0 atom stereocenters. The van der Waals surface area contributed by atoms with Gasteiger partial charge in [0, 0.05) is 19.2 Å². The summed E-state index contributed by atoms with van der Waals surface area (Å²) in [5, 5.41) is 5.78. The van der Waals surface area contributed by atoms with Crippen LogP contribution < -0.4 is 20.1 Å². The number of hydrogen-bond acceptors (Lipinski definition) is 5. The molecule has 1 amide bonds. The Kier molecular flexibility index (Phi) is 3.88. The Labute approximate surface area is 105 Å². The van der Waals surface area contributed by atoms with Gasteiger partial charge >= 0.3 is 0 Å². The fourth-order valence-electron chi connectivity index (χ4n) is 1.69. The first kappa shape index (κ1) is 12.5. The molecule has 1 aliphatic rings. The van der Waals surface area contributed by atoms with Gasteiger partial charge in [-0.1, -0.05) is 0 Å². The van der Waals surface area contributed by atoms with Crippen molar-refractivity contribution >= 4 is 17.3 Å². The molecule has 0 radical (unpaired) electrons. The van der Waals surface area contributed by atoms with E-state index in [0.717, 1.165) is 5.69 Å². The highest BCUT2D eigenvalue weighted by Crippen LogP contribution is 2.37. The van der Waals surface area contributed by atoms with Gasteiger partial charge in [-0.3, -0.25) is 4.79 Å². The van der Waals surface area contributed by atoms with Crippen LogP contribution in [-0.4, -0.2) is 39.9 Å². The van der Waals surface area contributed by atoms with Crippen LogP contribution in [-0.2, 0) is 9.53 Å². The molecule has 98 valence electrons. The molecule has 0 aliphatic carbocycles. The Bertz CT molecular complexity index is 448. The van der Waals surface area contributed by atoms with Crippen LogP contribution in [0.2, 0.25) is 0 Å². The summed E-state index contributed by atoms with van der Waals surface area (Å²) >= 11 is 0. The van der Waals surface area contributed by atoms with Crippen molar-refractivity contribution in [1.82, 2.24) is 0 Å². The quantitative estimate of drug-likeness (QED) is 0.768. The first-order chi connectivity index (χ1) is 8.74. The number of methoxy groups -OCH3 is 2.